The first-order chi connectivity index (χ1) is 14.2. The number of piperidine rings is 1. The molecule has 1 aliphatic rings. The van der Waals surface area contributed by atoms with Gasteiger partial charge in [-0.1, -0.05) is 24.3 Å². The van der Waals surface area contributed by atoms with E-state index in [2.05, 4.69) is 17.1 Å². The molecule has 1 fully saturated rings. The maximum Gasteiger partial charge on any atom is 0.223 e. The Labute approximate surface area is 171 Å². The number of nitrogens with one attached hydrogen (secondary N) is 1. The van der Waals surface area contributed by atoms with Crippen LogP contribution in [-0.2, 0) is 4.79 Å². The lowest BCUT2D eigenvalue weighted by atomic mass is 9.87. The summed E-state index contributed by atoms with van der Waals surface area (Å²) in [6.45, 7) is 1.73. The summed E-state index contributed by atoms with van der Waals surface area (Å²) in [6, 6.07) is 14.2. The zero-order valence-corrected chi connectivity index (χ0v) is 17.1. The summed E-state index contributed by atoms with van der Waals surface area (Å²) in [5, 5.41) is 1.15. The van der Waals surface area contributed by atoms with E-state index in [9.17, 15) is 4.79 Å². The van der Waals surface area contributed by atoms with Gasteiger partial charge in [0, 0.05) is 42.5 Å². The molecule has 1 amide bonds. The second-order valence-electron chi connectivity index (χ2n) is 7.60. The summed E-state index contributed by atoms with van der Waals surface area (Å²) in [6.07, 6.45) is 5.89. The normalized spacial score (nSPS) is 15.3. The van der Waals surface area contributed by atoms with E-state index >= 15 is 0 Å². The molecule has 1 aromatic heterocycles. The molecule has 2 heterocycles. The topological polar surface area (TPSA) is 54.6 Å². The first-order valence-corrected chi connectivity index (χ1v) is 10.3. The number of para-hydroxylation sites is 1. The highest BCUT2D eigenvalue weighted by Crippen LogP contribution is 2.38. The van der Waals surface area contributed by atoms with Gasteiger partial charge in [-0.15, -0.1) is 0 Å². The largest absolute Gasteiger partial charge is 0.493 e. The Bertz CT molecular complexity index is 989. The molecule has 4 rings (SSSR count). The van der Waals surface area contributed by atoms with Crippen molar-refractivity contribution in [2.24, 2.45) is 0 Å². The average Bonchev–Trinajstić information content (AvgIpc) is 3.21. The van der Waals surface area contributed by atoms with Gasteiger partial charge in [0.25, 0.3) is 0 Å². The van der Waals surface area contributed by atoms with Crippen molar-refractivity contribution in [3.8, 4) is 11.5 Å². The van der Waals surface area contributed by atoms with E-state index in [1.165, 1.54) is 6.42 Å². The van der Waals surface area contributed by atoms with Gasteiger partial charge in [-0.25, -0.2) is 0 Å². The van der Waals surface area contributed by atoms with E-state index < -0.39 is 0 Å². The number of carbonyl (C=O) groups is 1. The van der Waals surface area contributed by atoms with Crippen molar-refractivity contribution in [3.05, 3.63) is 59.8 Å². The van der Waals surface area contributed by atoms with Crippen LogP contribution < -0.4 is 9.47 Å². The number of rotatable bonds is 6. The molecule has 0 aliphatic carbocycles. The van der Waals surface area contributed by atoms with Gasteiger partial charge >= 0.3 is 0 Å². The number of nitrogens with zero attached hydrogens (tertiary/aromatic N) is 1. The molecule has 1 saturated heterocycles. The standard InChI is InChI=1S/C24H28N2O3/c1-28-22-11-10-17(14-23(22)29-2)19(15-24(27)26-12-6-3-7-13-26)20-16-25-21-9-5-4-8-18(20)21/h4-5,8-11,14,16,19,25H,3,6-7,12-13,15H2,1-2H3. The first-order valence-electron chi connectivity index (χ1n) is 10.3. The third-order valence-corrected chi connectivity index (χ3v) is 5.89. The molecule has 0 spiro atoms. The lowest BCUT2D eigenvalue weighted by molar-refractivity contribution is -0.132. The van der Waals surface area contributed by atoms with Crippen molar-refractivity contribution < 1.29 is 14.3 Å². The summed E-state index contributed by atoms with van der Waals surface area (Å²) < 4.78 is 10.9. The number of aromatic nitrogens is 1. The number of hydrogen-bond acceptors (Lipinski definition) is 3. The molecule has 0 saturated carbocycles. The second kappa shape index (κ2) is 8.60. The number of carbonyl (C=O) groups excluding carboxylic acids is 1. The third-order valence-electron chi connectivity index (χ3n) is 5.89. The Morgan fingerprint density at radius 1 is 1.03 bits per heavy atom. The van der Waals surface area contributed by atoms with E-state index in [0.29, 0.717) is 17.9 Å². The Morgan fingerprint density at radius 3 is 2.55 bits per heavy atom. The number of likely N-dealkylation sites (tertiary alicyclic amines) is 1. The van der Waals surface area contributed by atoms with Crippen LogP contribution >= 0.6 is 0 Å². The lowest BCUT2D eigenvalue weighted by Crippen LogP contribution is -2.36. The van der Waals surface area contributed by atoms with Gasteiger partial charge in [-0.05, 0) is 48.6 Å². The van der Waals surface area contributed by atoms with Crippen molar-refractivity contribution in [3.63, 3.8) is 0 Å². The van der Waals surface area contributed by atoms with Gasteiger partial charge in [0.15, 0.2) is 11.5 Å². The van der Waals surface area contributed by atoms with Crippen LogP contribution in [0.1, 0.15) is 42.7 Å². The Kier molecular flexibility index (Phi) is 5.74. The molecule has 1 unspecified atom stereocenters. The Hall–Kier alpha value is -2.95. The molecule has 1 atom stereocenters. The molecule has 5 nitrogen and oxygen atoms in total. The quantitative estimate of drug-likeness (QED) is 0.660. The van der Waals surface area contributed by atoms with Gasteiger partial charge in [0.2, 0.25) is 5.91 Å². The number of hydrogen-bond donors (Lipinski definition) is 1. The second-order valence-corrected chi connectivity index (χ2v) is 7.60. The molecule has 0 radical (unpaired) electrons. The van der Waals surface area contributed by atoms with Gasteiger partial charge in [0.1, 0.15) is 0 Å². The summed E-state index contributed by atoms with van der Waals surface area (Å²) in [4.78, 5) is 18.5. The molecular formula is C24H28N2O3. The van der Waals surface area contributed by atoms with Gasteiger partial charge in [0.05, 0.1) is 14.2 Å². The van der Waals surface area contributed by atoms with E-state index in [1.807, 2.05) is 41.4 Å². The first kappa shape index (κ1) is 19.4. The lowest BCUT2D eigenvalue weighted by Gasteiger charge is -2.29. The molecule has 3 aromatic rings. The van der Waals surface area contributed by atoms with Gasteiger partial charge in [-0.2, -0.15) is 0 Å². The number of benzene rings is 2. The predicted molar refractivity (Wildman–Crippen MR) is 115 cm³/mol. The number of aromatic amines is 1. The van der Waals surface area contributed by atoms with Gasteiger partial charge < -0.3 is 19.4 Å². The fraction of sp³-hybridized carbons (Fsp3) is 0.375. The summed E-state index contributed by atoms with van der Waals surface area (Å²) in [5.74, 6) is 1.53. The highest BCUT2D eigenvalue weighted by Gasteiger charge is 2.26. The van der Waals surface area contributed by atoms with Crippen molar-refractivity contribution >= 4 is 16.8 Å². The van der Waals surface area contributed by atoms with Crippen LogP contribution in [0.25, 0.3) is 10.9 Å². The minimum absolute atomic E-state index is 0.0552. The van der Waals surface area contributed by atoms with Crippen LogP contribution in [0, 0.1) is 0 Å². The number of H-pyrrole nitrogens is 1. The van der Waals surface area contributed by atoms with E-state index in [4.69, 9.17) is 9.47 Å². The molecule has 2 aromatic carbocycles. The number of fused-ring (bicyclic) bond motifs is 1. The Morgan fingerprint density at radius 2 is 1.79 bits per heavy atom. The molecule has 0 bridgehead atoms. The number of amides is 1. The maximum atomic E-state index is 13.2. The highest BCUT2D eigenvalue weighted by molar-refractivity contribution is 5.86. The fourth-order valence-corrected chi connectivity index (χ4v) is 4.31. The van der Waals surface area contributed by atoms with E-state index in [1.54, 1.807) is 14.2 Å². The fourth-order valence-electron chi connectivity index (χ4n) is 4.31. The summed E-state index contributed by atoms with van der Waals surface area (Å²) in [5.41, 5.74) is 3.27. The van der Waals surface area contributed by atoms with E-state index in [0.717, 1.165) is 48.0 Å². The molecule has 1 N–H and O–H groups in total. The van der Waals surface area contributed by atoms with Crippen LogP contribution in [0.4, 0.5) is 0 Å². The van der Waals surface area contributed by atoms with Crippen molar-refractivity contribution in [1.82, 2.24) is 9.88 Å². The average molecular weight is 392 g/mol. The molecule has 1 aliphatic heterocycles. The van der Waals surface area contributed by atoms with Crippen molar-refractivity contribution in [2.75, 3.05) is 27.3 Å². The number of methoxy groups -OCH3 is 2. The minimum Gasteiger partial charge on any atom is -0.493 e. The van der Waals surface area contributed by atoms with Crippen LogP contribution in [0.5, 0.6) is 11.5 Å². The van der Waals surface area contributed by atoms with Crippen LogP contribution in [0.15, 0.2) is 48.7 Å². The Balaban J connectivity index is 1.73. The summed E-state index contributed by atoms with van der Waals surface area (Å²) >= 11 is 0. The van der Waals surface area contributed by atoms with E-state index in [-0.39, 0.29) is 11.8 Å². The molecular weight excluding hydrogens is 364 g/mol. The maximum absolute atomic E-state index is 13.2. The van der Waals surface area contributed by atoms with Crippen molar-refractivity contribution in [1.29, 1.82) is 0 Å². The zero-order valence-electron chi connectivity index (χ0n) is 17.1. The molecule has 29 heavy (non-hydrogen) atoms. The smallest absolute Gasteiger partial charge is 0.223 e. The molecule has 152 valence electrons. The third kappa shape index (κ3) is 3.95. The van der Waals surface area contributed by atoms with Crippen LogP contribution in [-0.4, -0.2) is 43.1 Å². The number of ether oxygens (including phenoxy) is 2. The van der Waals surface area contributed by atoms with Crippen molar-refractivity contribution in [2.45, 2.75) is 31.6 Å². The monoisotopic (exact) mass is 392 g/mol. The van der Waals surface area contributed by atoms with Crippen LogP contribution in [0.3, 0.4) is 0 Å². The summed E-state index contributed by atoms with van der Waals surface area (Å²) in [7, 11) is 3.27. The highest BCUT2D eigenvalue weighted by atomic mass is 16.5. The predicted octanol–water partition coefficient (Wildman–Crippen LogP) is 4.72. The minimum atomic E-state index is -0.0552. The zero-order chi connectivity index (χ0) is 20.2. The van der Waals surface area contributed by atoms with Gasteiger partial charge in [-0.3, -0.25) is 4.79 Å². The molecule has 5 heteroatoms. The SMILES string of the molecule is COc1ccc(C(CC(=O)N2CCCCC2)c2c[nH]c3ccccc23)cc1OC. The van der Waals surface area contributed by atoms with Crippen LogP contribution in [0.2, 0.25) is 0 Å².